The molecule has 2 fully saturated rings. The lowest BCUT2D eigenvalue weighted by Gasteiger charge is -2.34. The predicted octanol–water partition coefficient (Wildman–Crippen LogP) is 2.46. The Hall–Kier alpha value is -0.120. The van der Waals surface area contributed by atoms with E-state index in [9.17, 15) is 0 Å². The van der Waals surface area contributed by atoms with Crippen LogP contribution in [-0.4, -0.2) is 19.3 Å². The normalized spacial score (nSPS) is 36.0. The van der Waals surface area contributed by atoms with Crippen molar-refractivity contribution in [2.45, 2.75) is 57.9 Å². The van der Waals surface area contributed by atoms with Crippen LogP contribution in [-0.2, 0) is 4.74 Å². The third-order valence-corrected chi connectivity index (χ3v) is 4.86. The van der Waals surface area contributed by atoms with Gasteiger partial charge in [-0.05, 0) is 43.4 Å². The molecule has 0 aromatic carbocycles. The summed E-state index contributed by atoms with van der Waals surface area (Å²) in [6.07, 6.45) is 9.31. The Kier molecular flexibility index (Phi) is 5.26. The lowest BCUT2D eigenvalue weighted by molar-refractivity contribution is 0.166. The van der Waals surface area contributed by atoms with E-state index in [1.165, 1.54) is 44.9 Å². The first-order chi connectivity index (χ1) is 8.33. The van der Waals surface area contributed by atoms with E-state index in [2.05, 4.69) is 12.3 Å². The van der Waals surface area contributed by atoms with Crippen LogP contribution in [0.4, 0.5) is 0 Å². The molecule has 2 aliphatic rings. The molecule has 2 rings (SSSR count). The number of hydrogen-bond donors (Lipinski definition) is 2. The predicted molar refractivity (Wildman–Crippen MR) is 70.4 cm³/mol. The average molecular weight is 240 g/mol. The second kappa shape index (κ2) is 6.72. The van der Waals surface area contributed by atoms with Crippen LogP contribution < -0.4 is 11.3 Å². The van der Waals surface area contributed by atoms with Crippen LogP contribution in [0.1, 0.15) is 51.9 Å². The SMILES string of the molecule is CCC1CCC(C(CC2CCOC2)NN)CC1. The minimum atomic E-state index is 0.513. The van der Waals surface area contributed by atoms with Crippen LogP contribution in [0.15, 0.2) is 0 Å². The molecule has 0 aromatic rings. The highest BCUT2D eigenvalue weighted by atomic mass is 16.5. The Balaban J connectivity index is 1.77. The summed E-state index contributed by atoms with van der Waals surface area (Å²) in [7, 11) is 0. The van der Waals surface area contributed by atoms with Gasteiger partial charge in [-0.2, -0.15) is 0 Å². The van der Waals surface area contributed by atoms with Gasteiger partial charge in [0.2, 0.25) is 0 Å². The summed E-state index contributed by atoms with van der Waals surface area (Å²) in [6.45, 7) is 4.21. The molecule has 1 aliphatic heterocycles. The number of nitrogens with two attached hydrogens (primary N) is 1. The minimum Gasteiger partial charge on any atom is -0.381 e. The summed E-state index contributed by atoms with van der Waals surface area (Å²) in [6, 6.07) is 0.513. The molecular formula is C14H28N2O. The molecule has 3 N–H and O–H groups in total. The summed E-state index contributed by atoms with van der Waals surface area (Å²) in [5, 5.41) is 0. The van der Waals surface area contributed by atoms with Crippen molar-refractivity contribution in [2.24, 2.45) is 23.6 Å². The van der Waals surface area contributed by atoms with E-state index in [0.29, 0.717) is 6.04 Å². The maximum absolute atomic E-state index is 5.76. The Morgan fingerprint density at radius 1 is 1.18 bits per heavy atom. The molecule has 3 nitrogen and oxygen atoms in total. The van der Waals surface area contributed by atoms with Gasteiger partial charge in [0.25, 0.3) is 0 Å². The van der Waals surface area contributed by atoms with Crippen LogP contribution >= 0.6 is 0 Å². The third kappa shape index (κ3) is 3.67. The molecule has 1 heterocycles. The van der Waals surface area contributed by atoms with E-state index >= 15 is 0 Å². The summed E-state index contributed by atoms with van der Waals surface area (Å²) in [5.74, 6) is 8.26. The van der Waals surface area contributed by atoms with Gasteiger partial charge >= 0.3 is 0 Å². The topological polar surface area (TPSA) is 47.3 Å². The van der Waals surface area contributed by atoms with E-state index in [4.69, 9.17) is 10.6 Å². The van der Waals surface area contributed by atoms with Crippen LogP contribution in [0, 0.1) is 17.8 Å². The minimum absolute atomic E-state index is 0.513. The van der Waals surface area contributed by atoms with Crippen LogP contribution in [0.5, 0.6) is 0 Å². The van der Waals surface area contributed by atoms with E-state index in [0.717, 1.165) is 31.0 Å². The largest absolute Gasteiger partial charge is 0.381 e. The molecular weight excluding hydrogens is 212 g/mol. The molecule has 0 aromatic heterocycles. The van der Waals surface area contributed by atoms with Crippen LogP contribution in [0.2, 0.25) is 0 Å². The summed E-state index contributed by atoms with van der Waals surface area (Å²) >= 11 is 0. The molecule has 0 amide bonds. The smallest absolute Gasteiger partial charge is 0.0495 e. The van der Waals surface area contributed by atoms with Crippen molar-refractivity contribution in [3.8, 4) is 0 Å². The zero-order valence-electron chi connectivity index (χ0n) is 11.2. The number of ether oxygens (including phenoxy) is 1. The maximum atomic E-state index is 5.76. The molecule has 0 spiro atoms. The summed E-state index contributed by atoms with van der Waals surface area (Å²) in [5.41, 5.74) is 3.08. The van der Waals surface area contributed by atoms with E-state index in [1.54, 1.807) is 0 Å². The maximum Gasteiger partial charge on any atom is 0.0495 e. The van der Waals surface area contributed by atoms with E-state index < -0.39 is 0 Å². The van der Waals surface area contributed by atoms with Crippen molar-refractivity contribution in [2.75, 3.05) is 13.2 Å². The Bertz CT molecular complexity index is 208. The molecule has 1 aliphatic carbocycles. The van der Waals surface area contributed by atoms with E-state index in [-0.39, 0.29) is 0 Å². The van der Waals surface area contributed by atoms with Gasteiger partial charge in [-0.15, -0.1) is 0 Å². The molecule has 0 radical (unpaired) electrons. The van der Waals surface area contributed by atoms with Crippen molar-refractivity contribution < 1.29 is 4.74 Å². The molecule has 1 saturated carbocycles. The standard InChI is InChI=1S/C14H28N2O/c1-2-11-3-5-13(6-4-11)14(16-15)9-12-7-8-17-10-12/h11-14,16H,2-10,15H2,1H3. The van der Waals surface area contributed by atoms with Crippen LogP contribution in [0.25, 0.3) is 0 Å². The lowest BCUT2D eigenvalue weighted by atomic mass is 9.76. The molecule has 17 heavy (non-hydrogen) atoms. The van der Waals surface area contributed by atoms with Gasteiger partial charge in [0.15, 0.2) is 0 Å². The monoisotopic (exact) mass is 240 g/mol. The van der Waals surface area contributed by atoms with E-state index in [1.807, 2.05) is 0 Å². The molecule has 2 atom stereocenters. The number of hydrogen-bond acceptors (Lipinski definition) is 3. The Morgan fingerprint density at radius 3 is 2.47 bits per heavy atom. The highest BCUT2D eigenvalue weighted by Crippen LogP contribution is 2.34. The first-order valence-corrected chi connectivity index (χ1v) is 7.37. The van der Waals surface area contributed by atoms with Gasteiger partial charge < -0.3 is 4.74 Å². The Labute approximate surface area is 105 Å². The van der Waals surface area contributed by atoms with Gasteiger partial charge in [0, 0.05) is 19.3 Å². The average Bonchev–Trinajstić information content (AvgIpc) is 2.89. The fourth-order valence-electron chi connectivity index (χ4n) is 3.52. The fourth-order valence-corrected chi connectivity index (χ4v) is 3.52. The lowest BCUT2D eigenvalue weighted by Crippen LogP contribution is -2.43. The van der Waals surface area contributed by atoms with Gasteiger partial charge in [-0.1, -0.05) is 26.2 Å². The van der Waals surface area contributed by atoms with Gasteiger partial charge in [-0.3, -0.25) is 11.3 Å². The van der Waals surface area contributed by atoms with Crippen molar-refractivity contribution >= 4 is 0 Å². The Morgan fingerprint density at radius 2 is 1.94 bits per heavy atom. The molecule has 3 heteroatoms. The molecule has 1 saturated heterocycles. The van der Waals surface area contributed by atoms with Gasteiger partial charge in [-0.25, -0.2) is 0 Å². The fraction of sp³-hybridized carbons (Fsp3) is 1.00. The van der Waals surface area contributed by atoms with Gasteiger partial charge in [0.1, 0.15) is 0 Å². The molecule has 100 valence electrons. The quantitative estimate of drug-likeness (QED) is 0.573. The van der Waals surface area contributed by atoms with Crippen molar-refractivity contribution in [1.82, 2.24) is 5.43 Å². The molecule has 2 unspecified atom stereocenters. The van der Waals surface area contributed by atoms with Crippen molar-refractivity contribution in [3.63, 3.8) is 0 Å². The number of nitrogens with one attached hydrogen (secondary N) is 1. The number of rotatable bonds is 5. The summed E-state index contributed by atoms with van der Waals surface area (Å²) < 4.78 is 5.46. The molecule has 0 bridgehead atoms. The van der Waals surface area contributed by atoms with Gasteiger partial charge in [0.05, 0.1) is 0 Å². The second-order valence-corrected chi connectivity index (χ2v) is 5.93. The second-order valence-electron chi connectivity index (χ2n) is 5.93. The van der Waals surface area contributed by atoms with Crippen LogP contribution in [0.3, 0.4) is 0 Å². The van der Waals surface area contributed by atoms with Crippen molar-refractivity contribution in [1.29, 1.82) is 0 Å². The number of hydrazine groups is 1. The summed E-state index contributed by atoms with van der Waals surface area (Å²) in [4.78, 5) is 0. The zero-order valence-corrected chi connectivity index (χ0v) is 11.2. The third-order valence-electron chi connectivity index (χ3n) is 4.86. The highest BCUT2D eigenvalue weighted by Gasteiger charge is 2.29. The first kappa shape index (κ1) is 13.3. The first-order valence-electron chi connectivity index (χ1n) is 7.37. The zero-order chi connectivity index (χ0) is 12.1. The highest BCUT2D eigenvalue weighted by molar-refractivity contribution is 4.83. The van der Waals surface area contributed by atoms with Crippen molar-refractivity contribution in [3.05, 3.63) is 0 Å².